The Hall–Kier alpha value is -1.88. The molecule has 0 unspecified atom stereocenters. The number of hydrogen-bond donors (Lipinski definition) is 1. The molecule has 0 atom stereocenters. The number of methoxy groups -OCH3 is 1. The van der Waals surface area contributed by atoms with E-state index in [0.29, 0.717) is 17.3 Å². The first-order valence-corrected chi connectivity index (χ1v) is 10.7. The van der Waals surface area contributed by atoms with Crippen LogP contribution in [0, 0.1) is 12.8 Å². The van der Waals surface area contributed by atoms with Crippen molar-refractivity contribution >= 4 is 28.9 Å². The van der Waals surface area contributed by atoms with Crippen LogP contribution >= 0.6 is 12.2 Å². The number of aryl methyl sites for hydroxylation is 3. The molecule has 4 nitrogen and oxygen atoms in total. The molecule has 1 amide bonds. The van der Waals surface area contributed by atoms with E-state index in [2.05, 4.69) is 45.1 Å². The number of carbonyl (C=O) groups is 1. The maximum Gasteiger partial charge on any atom is 0.357 e. The molecule has 3 rings (SSSR count). The third-order valence-corrected chi connectivity index (χ3v) is 6.43. The number of nitrogens with one attached hydrogen (secondary N) is 1. The van der Waals surface area contributed by atoms with Crippen LogP contribution in [0.1, 0.15) is 68.7 Å². The molecule has 152 valence electrons. The number of hydrogen-bond acceptors (Lipinski definition) is 4. The number of benzene rings is 1. The summed E-state index contributed by atoms with van der Waals surface area (Å²) < 4.78 is 11.2. The third-order valence-electron chi connectivity index (χ3n) is 6.18. The SMILES string of the molecule is CCc1cc(C)cc(CC)c1C1=C(OC(=S)OC)C2(CCC(C)CC2)NC1=O. The Morgan fingerprint density at radius 1 is 1.21 bits per heavy atom. The number of rotatable bonds is 4. The minimum atomic E-state index is -0.484. The largest absolute Gasteiger partial charge is 0.460 e. The molecule has 0 bridgehead atoms. The Labute approximate surface area is 173 Å². The van der Waals surface area contributed by atoms with Crippen molar-refractivity contribution in [2.24, 2.45) is 5.92 Å². The molecular weight excluding hydrogens is 370 g/mol. The Morgan fingerprint density at radius 3 is 2.29 bits per heavy atom. The van der Waals surface area contributed by atoms with Crippen molar-refractivity contribution in [3.8, 4) is 0 Å². The van der Waals surface area contributed by atoms with E-state index >= 15 is 0 Å². The summed E-state index contributed by atoms with van der Waals surface area (Å²) >= 11 is 5.23. The summed E-state index contributed by atoms with van der Waals surface area (Å²) in [6.07, 6.45) is 5.53. The molecule has 2 aliphatic rings. The molecule has 1 N–H and O–H groups in total. The van der Waals surface area contributed by atoms with Crippen molar-refractivity contribution in [2.75, 3.05) is 7.11 Å². The van der Waals surface area contributed by atoms with Crippen LogP contribution in [-0.2, 0) is 27.1 Å². The summed E-state index contributed by atoms with van der Waals surface area (Å²) in [6, 6.07) is 4.35. The first kappa shape index (κ1) is 20.8. The van der Waals surface area contributed by atoms with E-state index in [-0.39, 0.29) is 11.1 Å². The van der Waals surface area contributed by atoms with Crippen LogP contribution in [0.5, 0.6) is 0 Å². The molecule has 1 aliphatic heterocycles. The van der Waals surface area contributed by atoms with E-state index in [1.165, 1.54) is 23.8 Å². The normalized spacial score (nSPS) is 24.5. The van der Waals surface area contributed by atoms with Gasteiger partial charge >= 0.3 is 5.24 Å². The minimum Gasteiger partial charge on any atom is -0.460 e. The predicted octanol–water partition coefficient (Wildman–Crippen LogP) is 4.86. The molecule has 28 heavy (non-hydrogen) atoms. The van der Waals surface area contributed by atoms with Gasteiger partial charge in [-0.1, -0.05) is 38.5 Å². The fourth-order valence-electron chi connectivity index (χ4n) is 4.61. The van der Waals surface area contributed by atoms with Crippen LogP contribution < -0.4 is 5.32 Å². The molecule has 0 radical (unpaired) electrons. The van der Waals surface area contributed by atoms with Gasteiger partial charge in [-0.2, -0.15) is 0 Å². The second-order valence-corrected chi connectivity index (χ2v) is 8.48. The fourth-order valence-corrected chi connectivity index (χ4v) is 4.69. The first-order valence-electron chi connectivity index (χ1n) is 10.3. The Bertz CT molecular complexity index is 794. The highest BCUT2D eigenvalue weighted by atomic mass is 32.1. The van der Waals surface area contributed by atoms with E-state index < -0.39 is 5.54 Å². The number of thiocarbonyl (C=S) groups is 1. The number of carbonyl (C=O) groups excluding carboxylic acids is 1. The van der Waals surface area contributed by atoms with E-state index in [4.69, 9.17) is 21.7 Å². The molecular formula is C23H31NO3S. The monoisotopic (exact) mass is 401 g/mol. The van der Waals surface area contributed by atoms with Gasteiger partial charge in [0.15, 0.2) is 0 Å². The van der Waals surface area contributed by atoms with Gasteiger partial charge in [0.2, 0.25) is 0 Å². The number of amides is 1. The lowest BCUT2D eigenvalue weighted by Gasteiger charge is -2.37. The van der Waals surface area contributed by atoms with Crippen LogP contribution in [0.25, 0.3) is 5.57 Å². The predicted molar refractivity (Wildman–Crippen MR) is 116 cm³/mol. The average molecular weight is 402 g/mol. The van der Waals surface area contributed by atoms with E-state index in [1.54, 1.807) is 0 Å². The first-order chi connectivity index (χ1) is 13.3. The van der Waals surface area contributed by atoms with Gasteiger partial charge in [-0.25, -0.2) is 0 Å². The van der Waals surface area contributed by atoms with Crippen molar-refractivity contribution < 1.29 is 14.3 Å². The van der Waals surface area contributed by atoms with Gasteiger partial charge in [0, 0.05) is 12.2 Å². The van der Waals surface area contributed by atoms with Crippen LogP contribution in [0.3, 0.4) is 0 Å². The molecule has 1 saturated carbocycles. The van der Waals surface area contributed by atoms with Crippen molar-refractivity contribution in [1.29, 1.82) is 0 Å². The molecule has 5 heteroatoms. The van der Waals surface area contributed by atoms with E-state index in [1.807, 2.05) is 0 Å². The average Bonchev–Trinajstić information content (AvgIpc) is 2.94. The van der Waals surface area contributed by atoms with Gasteiger partial charge in [0.1, 0.15) is 5.76 Å². The third kappa shape index (κ3) is 3.69. The van der Waals surface area contributed by atoms with Crippen molar-refractivity contribution in [3.63, 3.8) is 0 Å². The summed E-state index contributed by atoms with van der Waals surface area (Å²) in [7, 11) is 1.50. The zero-order valence-corrected chi connectivity index (χ0v) is 18.4. The maximum atomic E-state index is 13.3. The summed E-state index contributed by atoms with van der Waals surface area (Å²) in [6.45, 7) is 8.62. The summed E-state index contributed by atoms with van der Waals surface area (Å²) in [4.78, 5) is 13.3. The van der Waals surface area contributed by atoms with Crippen LogP contribution in [0.15, 0.2) is 17.9 Å². The van der Waals surface area contributed by atoms with Gasteiger partial charge in [-0.3, -0.25) is 4.79 Å². The van der Waals surface area contributed by atoms with Gasteiger partial charge < -0.3 is 14.8 Å². The Morgan fingerprint density at radius 2 is 1.79 bits per heavy atom. The van der Waals surface area contributed by atoms with Crippen molar-refractivity contribution in [2.45, 2.75) is 71.8 Å². The highest BCUT2D eigenvalue weighted by Gasteiger charge is 2.49. The van der Waals surface area contributed by atoms with Crippen LogP contribution in [0.4, 0.5) is 0 Å². The minimum absolute atomic E-state index is 0.0586. The Kier molecular flexibility index (Phi) is 6.13. The molecule has 0 aromatic heterocycles. The summed E-state index contributed by atoms with van der Waals surface area (Å²) in [5.74, 6) is 1.25. The van der Waals surface area contributed by atoms with Crippen LogP contribution in [0.2, 0.25) is 0 Å². The maximum absolute atomic E-state index is 13.3. The van der Waals surface area contributed by atoms with Crippen molar-refractivity contribution in [3.05, 3.63) is 40.1 Å². The molecule has 1 spiro atoms. The lowest BCUT2D eigenvalue weighted by molar-refractivity contribution is -0.116. The lowest BCUT2D eigenvalue weighted by atomic mass is 9.76. The van der Waals surface area contributed by atoms with Crippen molar-refractivity contribution in [1.82, 2.24) is 5.32 Å². The molecule has 1 heterocycles. The quantitative estimate of drug-likeness (QED) is 0.732. The fraction of sp³-hybridized carbons (Fsp3) is 0.565. The van der Waals surface area contributed by atoms with Gasteiger partial charge in [-0.05, 0) is 68.1 Å². The zero-order valence-electron chi connectivity index (χ0n) is 17.6. The summed E-state index contributed by atoms with van der Waals surface area (Å²) in [5.41, 5.74) is 4.73. The van der Waals surface area contributed by atoms with Gasteiger partial charge in [0.25, 0.3) is 5.91 Å². The Balaban J connectivity index is 2.24. The molecule has 1 aromatic carbocycles. The second kappa shape index (κ2) is 8.24. The molecule has 0 saturated heterocycles. The summed E-state index contributed by atoms with van der Waals surface area (Å²) in [5, 5.41) is 3.34. The smallest absolute Gasteiger partial charge is 0.357 e. The standard InChI is InChI=1S/C23H31NO3S/c1-6-16-12-15(4)13-17(7-2)18(16)19-20(27-22(28)26-5)23(24-21(19)25)10-8-14(3)9-11-23/h12-14H,6-11H2,1-5H3,(H,24,25). The highest BCUT2D eigenvalue weighted by Crippen LogP contribution is 2.46. The topological polar surface area (TPSA) is 47.6 Å². The lowest BCUT2D eigenvalue weighted by Crippen LogP contribution is -2.47. The van der Waals surface area contributed by atoms with Gasteiger partial charge in [0.05, 0.1) is 18.2 Å². The molecule has 1 fully saturated rings. The molecule has 1 aromatic rings. The zero-order chi connectivity index (χ0) is 20.5. The van der Waals surface area contributed by atoms with Gasteiger partial charge in [-0.15, -0.1) is 0 Å². The van der Waals surface area contributed by atoms with Crippen LogP contribution in [-0.4, -0.2) is 23.8 Å². The highest BCUT2D eigenvalue weighted by molar-refractivity contribution is 7.79. The number of ether oxygens (including phenoxy) is 2. The van der Waals surface area contributed by atoms with E-state index in [0.717, 1.165) is 44.1 Å². The van der Waals surface area contributed by atoms with E-state index in [9.17, 15) is 4.79 Å². The molecule has 1 aliphatic carbocycles. The second-order valence-electron chi connectivity index (χ2n) is 8.14.